The normalized spacial score (nSPS) is 14.1. The highest BCUT2D eigenvalue weighted by molar-refractivity contribution is 6.30. The van der Waals surface area contributed by atoms with E-state index in [2.05, 4.69) is 0 Å². The van der Waals surface area contributed by atoms with Gasteiger partial charge in [-0.05, 0) is 31.0 Å². The lowest BCUT2D eigenvalue weighted by molar-refractivity contribution is -0.152. The molecule has 17 heavy (non-hydrogen) atoms. The smallest absolute Gasteiger partial charge is 0.311 e. The number of hydrogen-bond donors (Lipinski definition) is 1. The van der Waals surface area contributed by atoms with Gasteiger partial charge in [0.2, 0.25) is 0 Å². The molecule has 94 valence electrons. The zero-order chi connectivity index (χ0) is 12.8. The molecular formula is C13H17ClO3. The number of carbonyl (C=O) groups is 1. The van der Waals surface area contributed by atoms with Crippen LogP contribution in [0.1, 0.15) is 31.9 Å². The molecule has 1 N–H and O–H groups in total. The second-order valence-electron chi connectivity index (χ2n) is 3.77. The number of hydrogen-bond acceptors (Lipinski definition) is 3. The summed E-state index contributed by atoms with van der Waals surface area (Å²) in [5.74, 6) is -0.920. The van der Waals surface area contributed by atoms with E-state index in [-0.39, 0.29) is 5.97 Å². The SMILES string of the molecule is CCOC(=O)C(CC)C(O)c1cccc(Cl)c1. The molecule has 1 aromatic carbocycles. The number of halogens is 1. The van der Waals surface area contributed by atoms with Crippen molar-refractivity contribution in [3.8, 4) is 0 Å². The van der Waals surface area contributed by atoms with E-state index in [0.717, 1.165) is 0 Å². The van der Waals surface area contributed by atoms with Crippen LogP contribution in [0.3, 0.4) is 0 Å². The number of rotatable bonds is 5. The van der Waals surface area contributed by atoms with Crippen LogP contribution in [0, 0.1) is 5.92 Å². The van der Waals surface area contributed by atoms with Crippen LogP contribution >= 0.6 is 11.6 Å². The zero-order valence-corrected chi connectivity index (χ0v) is 10.8. The van der Waals surface area contributed by atoms with E-state index in [1.54, 1.807) is 31.2 Å². The first-order valence-corrected chi connectivity index (χ1v) is 6.08. The number of aliphatic hydroxyl groups is 1. The first kappa shape index (κ1) is 14.0. The van der Waals surface area contributed by atoms with Crippen molar-refractivity contribution in [2.45, 2.75) is 26.4 Å². The zero-order valence-electron chi connectivity index (χ0n) is 10.0. The summed E-state index contributed by atoms with van der Waals surface area (Å²) in [6.07, 6.45) is -0.357. The third kappa shape index (κ3) is 3.72. The Morgan fingerprint density at radius 3 is 2.71 bits per heavy atom. The minimum absolute atomic E-state index is 0.317. The number of benzene rings is 1. The standard InChI is InChI=1S/C13H17ClO3/c1-3-11(13(16)17-4-2)12(15)9-6-5-7-10(14)8-9/h5-8,11-12,15H,3-4H2,1-2H3. The van der Waals surface area contributed by atoms with E-state index in [1.807, 2.05) is 6.92 Å². The van der Waals surface area contributed by atoms with Crippen LogP contribution in [0.15, 0.2) is 24.3 Å². The van der Waals surface area contributed by atoms with Gasteiger partial charge in [-0.3, -0.25) is 4.79 Å². The molecule has 0 fully saturated rings. The molecule has 0 heterocycles. The van der Waals surface area contributed by atoms with Gasteiger partial charge in [-0.15, -0.1) is 0 Å². The number of esters is 1. The number of ether oxygens (including phenoxy) is 1. The van der Waals surface area contributed by atoms with Gasteiger partial charge in [-0.25, -0.2) is 0 Å². The van der Waals surface area contributed by atoms with Crippen molar-refractivity contribution in [2.24, 2.45) is 5.92 Å². The van der Waals surface area contributed by atoms with E-state index in [9.17, 15) is 9.90 Å². The molecule has 0 spiro atoms. The van der Waals surface area contributed by atoms with Crippen molar-refractivity contribution in [1.82, 2.24) is 0 Å². The van der Waals surface area contributed by atoms with Crippen LogP contribution < -0.4 is 0 Å². The Morgan fingerprint density at radius 2 is 2.18 bits per heavy atom. The summed E-state index contributed by atoms with van der Waals surface area (Å²) in [7, 11) is 0. The molecule has 0 aliphatic heterocycles. The summed E-state index contributed by atoms with van der Waals surface area (Å²) in [6, 6.07) is 6.88. The molecule has 0 bridgehead atoms. The van der Waals surface area contributed by atoms with Crippen molar-refractivity contribution >= 4 is 17.6 Å². The minimum Gasteiger partial charge on any atom is -0.466 e. The Labute approximate surface area is 106 Å². The molecule has 1 aromatic rings. The van der Waals surface area contributed by atoms with E-state index in [4.69, 9.17) is 16.3 Å². The lowest BCUT2D eigenvalue weighted by Crippen LogP contribution is -2.24. The van der Waals surface area contributed by atoms with Crippen LogP contribution in [0.25, 0.3) is 0 Å². The average molecular weight is 257 g/mol. The van der Waals surface area contributed by atoms with Crippen LogP contribution in [-0.2, 0) is 9.53 Å². The lowest BCUT2D eigenvalue weighted by atomic mass is 9.93. The monoisotopic (exact) mass is 256 g/mol. The molecule has 0 aliphatic carbocycles. The van der Waals surface area contributed by atoms with Gasteiger partial charge in [-0.2, -0.15) is 0 Å². The van der Waals surface area contributed by atoms with Gasteiger partial charge >= 0.3 is 5.97 Å². The molecular weight excluding hydrogens is 240 g/mol. The molecule has 2 atom stereocenters. The molecule has 2 unspecified atom stereocenters. The first-order chi connectivity index (χ1) is 8.10. The maximum Gasteiger partial charge on any atom is 0.311 e. The average Bonchev–Trinajstić information content (AvgIpc) is 2.30. The van der Waals surface area contributed by atoms with Gasteiger partial charge in [0.25, 0.3) is 0 Å². The second-order valence-corrected chi connectivity index (χ2v) is 4.20. The number of aliphatic hydroxyl groups excluding tert-OH is 1. The van der Waals surface area contributed by atoms with Crippen LogP contribution in [0.4, 0.5) is 0 Å². The van der Waals surface area contributed by atoms with E-state index in [1.165, 1.54) is 0 Å². The quantitative estimate of drug-likeness (QED) is 0.824. The van der Waals surface area contributed by atoms with E-state index >= 15 is 0 Å². The third-order valence-electron chi connectivity index (χ3n) is 2.60. The highest BCUT2D eigenvalue weighted by Crippen LogP contribution is 2.27. The highest BCUT2D eigenvalue weighted by atomic mass is 35.5. The molecule has 0 amide bonds. The van der Waals surface area contributed by atoms with Gasteiger partial charge in [0.15, 0.2) is 0 Å². The summed E-state index contributed by atoms with van der Waals surface area (Å²) in [6.45, 7) is 3.91. The lowest BCUT2D eigenvalue weighted by Gasteiger charge is -2.20. The Bertz CT molecular complexity index is 379. The van der Waals surface area contributed by atoms with Gasteiger partial charge in [0.1, 0.15) is 0 Å². The summed E-state index contributed by atoms with van der Waals surface area (Å²) in [5.41, 5.74) is 0.636. The van der Waals surface area contributed by atoms with Crippen LogP contribution in [-0.4, -0.2) is 17.7 Å². The Kier molecular flexibility index (Phi) is 5.45. The molecule has 0 saturated heterocycles. The summed E-state index contributed by atoms with van der Waals surface area (Å²) in [4.78, 5) is 11.7. The molecule has 3 nitrogen and oxygen atoms in total. The maximum absolute atomic E-state index is 11.7. The third-order valence-corrected chi connectivity index (χ3v) is 2.84. The predicted molar refractivity (Wildman–Crippen MR) is 66.8 cm³/mol. The fourth-order valence-corrected chi connectivity index (χ4v) is 1.89. The Hall–Kier alpha value is -1.06. The highest BCUT2D eigenvalue weighted by Gasteiger charge is 2.27. The van der Waals surface area contributed by atoms with Crippen molar-refractivity contribution in [3.63, 3.8) is 0 Å². The van der Waals surface area contributed by atoms with Crippen LogP contribution in [0.5, 0.6) is 0 Å². The van der Waals surface area contributed by atoms with Crippen molar-refractivity contribution in [3.05, 3.63) is 34.9 Å². The van der Waals surface area contributed by atoms with Crippen molar-refractivity contribution in [2.75, 3.05) is 6.61 Å². The number of carbonyl (C=O) groups excluding carboxylic acids is 1. The van der Waals surface area contributed by atoms with Crippen molar-refractivity contribution in [1.29, 1.82) is 0 Å². The van der Waals surface area contributed by atoms with Gasteiger partial charge in [0.05, 0.1) is 18.6 Å². The van der Waals surface area contributed by atoms with Gasteiger partial charge < -0.3 is 9.84 Å². The topological polar surface area (TPSA) is 46.5 Å². The molecule has 1 rings (SSSR count). The summed E-state index contributed by atoms with van der Waals surface area (Å²) < 4.78 is 4.94. The predicted octanol–water partition coefficient (Wildman–Crippen LogP) is 2.96. The molecule has 0 aliphatic rings. The summed E-state index contributed by atoms with van der Waals surface area (Å²) >= 11 is 5.85. The Morgan fingerprint density at radius 1 is 1.47 bits per heavy atom. The largest absolute Gasteiger partial charge is 0.466 e. The molecule has 0 aromatic heterocycles. The minimum atomic E-state index is -0.877. The summed E-state index contributed by atoms with van der Waals surface area (Å²) in [5, 5.41) is 10.7. The van der Waals surface area contributed by atoms with E-state index < -0.39 is 12.0 Å². The van der Waals surface area contributed by atoms with Crippen molar-refractivity contribution < 1.29 is 14.6 Å². The fraction of sp³-hybridized carbons (Fsp3) is 0.462. The molecule has 4 heteroatoms. The maximum atomic E-state index is 11.7. The Balaban J connectivity index is 2.85. The van der Waals surface area contributed by atoms with Crippen LogP contribution in [0.2, 0.25) is 5.02 Å². The second kappa shape index (κ2) is 6.62. The molecule has 0 saturated carbocycles. The molecule has 0 radical (unpaired) electrons. The van der Waals surface area contributed by atoms with E-state index in [0.29, 0.717) is 23.6 Å². The fourth-order valence-electron chi connectivity index (χ4n) is 1.69. The van der Waals surface area contributed by atoms with Gasteiger partial charge in [0, 0.05) is 5.02 Å². The first-order valence-electron chi connectivity index (χ1n) is 5.70. The van der Waals surface area contributed by atoms with Gasteiger partial charge in [-0.1, -0.05) is 30.7 Å².